The zero-order valence-corrected chi connectivity index (χ0v) is 23.9. The van der Waals surface area contributed by atoms with Gasteiger partial charge in [0.25, 0.3) is 0 Å². The summed E-state index contributed by atoms with van der Waals surface area (Å²) in [5.41, 5.74) is 4.44. The van der Waals surface area contributed by atoms with E-state index in [1.165, 1.54) is 57.4 Å². The molecule has 0 saturated carbocycles. The molecule has 3 heteroatoms. The van der Waals surface area contributed by atoms with Crippen molar-refractivity contribution < 1.29 is 14.3 Å². The number of carbonyl (C=O) groups is 1. The predicted octanol–water partition coefficient (Wildman–Crippen LogP) is 8.92. The first kappa shape index (κ1) is 28.7. The Kier molecular flexibility index (Phi) is 10.5. The van der Waals surface area contributed by atoms with E-state index < -0.39 is 0 Å². The van der Waals surface area contributed by atoms with Gasteiger partial charge in [0.2, 0.25) is 0 Å². The largest absolute Gasteiger partial charge is 0.489 e. The molecule has 1 heterocycles. The summed E-state index contributed by atoms with van der Waals surface area (Å²) >= 11 is 0. The molecule has 0 aromatic heterocycles. The highest BCUT2D eigenvalue weighted by Gasteiger charge is 2.39. The molecular formula is C31H52O3. The molecule has 1 aliphatic heterocycles. The molecule has 0 fully saturated rings. The van der Waals surface area contributed by atoms with E-state index in [-0.39, 0.29) is 17.5 Å². The molecule has 194 valence electrons. The number of fused-ring (bicyclic) bond motifs is 1. The molecule has 1 aromatic carbocycles. The van der Waals surface area contributed by atoms with Crippen molar-refractivity contribution in [3.63, 3.8) is 0 Å². The van der Waals surface area contributed by atoms with Crippen LogP contribution >= 0.6 is 0 Å². The van der Waals surface area contributed by atoms with E-state index in [9.17, 15) is 4.79 Å². The molecule has 0 saturated heterocycles. The number of hydrogen-bond acceptors (Lipinski definition) is 3. The van der Waals surface area contributed by atoms with Gasteiger partial charge in [-0.15, -0.1) is 0 Å². The maximum absolute atomic E-state index is 11.7. The third-order valence-corrected chi connectivity index (χ3v) is 8.11. The summed E-state index contributed by atoms with van der Waals surface area (Å²) in [7, 11) is 0. The van der Waals surface area contributed by atoms with Crippen molar-refractivity contribution in [1.29, 1.82) is 0 Å². The van der Waals surface area contributed by atoms with Gasteiger partial charge in [-0.05, 0) is 74.5 Å². The Bertz CT molecular complexity index is 821. The van der Waals surface area contributed by atoms with Gasteiger partial charge in [0.05, 0.1) is 0 Å². The minimum atomic E-state index is -0.265. The third-order valence-electron chi connectivity index (χ3n) is 8.11. The summed E-state index contributed by atoms with van der Waals surface area (Å²) in [5.74, 6) is 3.90. The molecular weight excluding hydrogens is 420 g/mol. The van der Waals surface area contributed by atoms with Gasteiger partial charge in [-0.25, -0.2) is 0 Å². The Morgan fingerprint density at radius 1 is 0.912 bits per heavy atom. The Labute approximate surface area is 210 Å². The van der Waals surface area contributed by atoms with E-state index in [2.05, 4.69) is 55.4 Å². The van der Waals surface area contributed by atoms with Crippen LogP contribution in [0.1, 0.15) is 122 Å². The minimum Gasteiger partial charge on any atom is -0.489 e. The molecule has 2 rings (SSSR count). The molecule has 3 unspecified atom stereocenters. The van der Waals surface area contributed by atoms with E-state index in [1.807, 2.05) is 6.92 Å². The highest BCUT2D eigenvalue weighted by Crippen LogP contribution is 2.47. The summed E-state index contributed by atoms with van der Waals surface area (Å²) in [6.45, 7) is 21.8. The van der Waals surface area contributed by atoms with Crippen LogP contribution in [0.5, 0.6) is 11.5 Å². The summed E-state index contributed by atoms with van der Waals surface area (Å²) in [5, 5.41) is 0. The zero-order valence-electron chi connectivity index (χ0n) is 23.9. The standard InChI is InChI=1S/C31H52O3/c1-20(2)13-11-14-21(3)15-12-16-22(4)17-18-28-31(9,10)19-27-25(7)29(33-26(8)32)23(5)24(6)30(27)34-28/h20-22,28H,11-19H2,1-10H3. The van der Waals surface area contributed by atoms with Gasteiger partial charge < -0.3 is 9.47 Å². The summed E-state index contributed by atoms with van der Waals surface area (Å²) in [6.07, 6.45) is 11.6. The molecule has 0 amide bonds. The molecule has 0 spiro atoms. The highest BCUT2D eigenvalue weighted by molar-refractivity contribution is 5.72. The summed E-state index contributed by atoms with van der Waals surface area (Å²) < 4.78 is 12.3. The summed E-state index contributed by atoms with van der Waals surface area (Å²) in [4.78, 5) is 11.7. The second kappa shape index (κ2) is 12.5. The normalized spacial score (nSPS) is 18.9. The molecule has 3 nitrogen and oxygen atoms in total. The van der Waals surface area contributed by atoms with Gasteiger partial charge in [-0.3, -0.25) is 4.79 Å². The van der Waals surface area contributed by atoms with Gasteiger partial charge in [-0.2, -0.15) is 0 Å². The third kappa shape index (κ3) is 7.75. The van der Waals surface area contributed by atoms with Crippen LogP contribution in [0.25, 0.3) is 0 Å². The lowest BCUT2D eigenvalue weighted by Gasteiger charge is -2.42. The second-order valence-corrected chi connectivity index (χ2v) is 12.4. The van der Waals surface area contributed by atoms with Gasteiger partial charge in [0.1, 0.15) is 17.6 Å². The van der Waals surface area contributed by atoms with E-state index in [0.717, 1.165) is 53.0 Å². The zero-order chi connectivity index (χ0) is 25.6. The van der Waals surface area contributed by atoms with Crippen molar-refractivity contribution in [1.82, 2.24) is 0 Å². The van der Waals surface area contributed by atoms with Crippen molar-refractivity contribution in [2.75, 3.05) is 0 Å². The van der Waals surface area contributed by atoms with Crippen LogP contribution in [0.15, 0.2) is 0 Å². The van der Waals surface area contributed by atoms with Crippen LogP contribution in [0.3, 0.4) is 0 Å². The second-order valence-electron chi connectivity index (χ2n) is 12.4. The highest BCUT2D eigenvalue weighted by atomic mass is 16.5. The first-order valence-electron chi connectivity index (χ1n) is 13.8. The van der Waals surface area contributed by atoms with Crippen LogP contribution < -0.4 is 9.47 Å². The topological polar surface area (TPSA) is 35.5 Å². The Balaban J connectivity index is 1.94. The number of ether oxygens (including phenoxy) is 2. The van der Waals surface area contributed by atoms with Crippen molar-refractivity contribution in [3.05, 3.63) is 22.3 Å². The average molecular weight is 473 g/mol. The molecule has 0 radical (unpaired) electrons. The Morgan fingerprint density at radius 2 is 1.47 bits per heavy atom. The molecule has 3 atom stereocenters. The number of esters is 1. The van der Waals surface area contributed by atoms with Crippen molar-refractivity contribution in [2.24, 2.45) is 23.2 Å². The molecule has 0 N–H and O–H groups in total. The molecule has 1 aromatic rings. The lowest BCUT2D eigenvalue weighted by Crippen LogP contribution is -2.41. The number of hydrogen-bond donors (Lipinski definition) is 0. The molecule has 0 aliphatic carbocycles. The molecule has 34 heavy (non-hydrogen) atoms. The number of benzene rings is 1. The average Bonchev–Trinajstić information content (AvgIpc) is 2.73. The van der Waals surface area contributed by atoms with Crippen molar-refractivity contribution in [2.45, 2.75) is 133 Å². The van der Waals surface area contributed by atoms with Gasteiger partial charge >= 0.3 is 5.97 Å². The van der Waals surface area contributed by atoms with Crippen LogP contribution in [0.4, 0.5) is 0 Å². The Morgan fingerprint density at radius 3 is 2.03 bits per heavy atom. The maximum atomic E-state index is 11.7. The first-order valence-corrected chi connectivity index (χ1v) is 13.8. The number of carbonyl (C=O) groups excluding carboxylic acids is 1. The minimum absolute atomic E-state index is 0.0532. The number of rotatable bonds is 12. The predicted molar refractivity (Wildman–Crippen MR) is 144 cm³/mol. The van der Waals surface area contributed by atoms with Gasteiger partial charge in [-0.1, -0.05) is 80.1 Å². The van der Waals surface area contributed by atoms with Crippen LogP contribution in [0.2, 0.25) is 0 Å². The SMILES string of the molecule is CC(=O)Oc1c(C)c(C)c2c(c1C)CC(C)(C)C(CCC(C)CCCC(C)CCCC(C)C)O2. The van der Waals surface area contributed by atoms with E-state index in [0.29, 0.717) is 5.75 Å². The quantitative estimate of drug-likeness (QED) is 0.225. The van der Waals surface area contributed by atoms with Crippen molar-refractivity contribution in [3.8, 4) is 11.5 Å². The van der Waals surface area contributed by atoms with Crippen LogP contribution in [0, 0.1) is 43.9 Å². The van der Waals surface area contributed by atoms with Gasteiger partial charge in [0.15, 0.2) is 0 Å². The fraction of sp³-hybridized carbons (Fsp3) is 0.774. The van der Waals surface area contributed by atoms with Crippen LogP contribution in [-0.2, 0) is 11.2 Å². The van der Waals surface area contributed by atoms with Crippen molar-refractivity contribution >= 4 is 5.97 Å². The van der Waals surface area contributed by atoms with Gasteiger partial charge in [0, 0.05) is 17.9 Å². The monoisotopic (exact) mass is 472 g/mol. The lowest BCUT2D eigenvalue weighted by molar-refractivity contribution is -0.132. The maximum Gasteiger partial charge on any atom is 0.308 e. The van der Waals surface area contributed by atoms with E-state index >= 15 is 0 Å². The molecule has 0 bridgehead atoms. The first-order chi connectivity index (χ1) is 15.8. The van der Waals surface area contributed by atoms with Crippen LogP contribution in [-0.4, -0.2) is 12.1 Å². The fourth-order valence-electron chi connectivity index (χ4n) is 5.56. The van der Waals surface area contributed by atoms with E-state index in [1.54, 1.807) is 0 Å². The smallest absolute Gasteiger partial charge is 0.308 e. The fourth-order valence-corrected chi connectivity index (χ4v) is 5.56. The van der Waals surface area contributed by atoms with E-state index in [4.69, 9.17) is 9.47 Å². The lowest BCUT2D eigenvalue weighted by atomic mass is 9.74. The Hall–Kier alpha value is -1.51. The molecule has 1 aliphatic rings. The summed E-state index contributed by atoms with van der Waals surface area (Å²) in [6, 6.07) is 0.